The average Bonchev–Trinajstić information content (AvgIpc) is 2.74. The minimum atomic E-state index is -0.0202. The third-order valence-electron chi connectivity index (χ3n) is 2.82. The molecule has 0 bridgehead atoms. The van der Waals surface area contributed by atoms with Gasteiger partial charge in [0, 0.05) is 17.0 Å². The molecule has 1 heterocycles. The fraction of sp³-hybridized carbons (Fsp3) is 0.267. The van der Waals surface area contributed by atoms with Gasteiger partial charge in [0.25, 0.3) is 0 Å². The summed E-state index contributed by atoms with van der Waals surface area (Å²) in [4.78, 5) is 12.7. The third kappa shape index (κ3) is 4.05. The molecule has 1 N–H and O–H groups in total. The molecule has 0 spiro atoms. The number of benzene rings is 1. The summed E-state index contributed by atoms with van der Waals surface area (Å²) < 4.78 is 5.42. The van der Waals surface area contributed by atoms with E-state index in [1.807, 2.05) is 44.2 Å². The highest BCUT2D eigenvalue weighted by Crippen LogP contribution is 2.26. The Morgan fingerprint density at radius 2 is 2.10 bits per heavy atom. The number of thioether (sulfide) groups is 1. The average molecular weight is 310 g/mol. The molecule has 2 aromatic rings. The van der Waals surface area contributed by atoms with Crippen LogP contribution < -0.4 is 5.32 Å². The van der Waals surface area contributed by atoms with Gasteiger partial charge in [0.05, 0.1) is 10.8 Å². The normalized spacial score (nSPS) is 10.6. The second kappa shape index (κ2) is 6.86. The second-order valence-corrected chi connectivity index (χ2v) is 5.86. The Balaban J connectivity index is 1.82. The van der Waals surface area contributed by atoms with Crippen molar-refractivity contribution in [2.45, 2.75) is 25.3 Å². The van der Waals surface area contributed by atoms with Crippen LogP contribution in [-0.4, -0.2) is 11.7 Å². The maximum absolute atomic E-state index is 11.8. The molecule has 0 unspecified atom stereocenters. The monoisotopic (exact) mass is 309 g/mol. The molecule has 0 aliphatic heterocycles. The highest BCUT2D eigenvalue weighted by Gasteiger charge is 2.08. The molecule has 2 rings (SSSR count). The van der Waals surface area contributed by atoms with Crippen LogP contribution in [0.1, 0.15) is 17.1 Å². The van der Waals surface area contributed by atoms with Crippen LogP contribution in [0.3, 0.4) is 0 Å². The van der Waals surface area contributed by atoms with Crippen LogP contribution in [0, 0.1) is 13.8 Å². The first-order valence-corrected chi connectivity index (χ1v) is 7.62. The number of furan rings is 1. The van der Waals surface area contributed by atoms with Crippen LogP contribution in [0.5, 0.6) is 0 Å². The van der Waals surface area contributed by atoms with Gasteiger partial charge in [-0.1, -0.05) is 23.7 Å². The van der Waals surface area contributed by atoms with E-state index in [-0.39, 0.29) is 5.91 Å². The van der Waals surface area contributed by atoms with E-state index in [0.29, 0.717) is 17.3 Å². The standard InChI is InChI=1S/C15H16ClNO2S/c1-10-7-12(11(2)19-10)8-17-15(18)9-20-14-6-4-3-5-13(14)16/h3-7H,8-9H2,1-2H3,(H,17,18). The molecule has 1 aromatic heterocycles. The van der Waals surface area contributed by atoms with E-state index < -0.39 is 0 Å². The maximum Gasteiger partial charge on any atom is 0.230 e. The predicted molar refractivity (Wildman–Crippen MR) is 82.2 cm³/mol. The van der Waals surface area contributed by atoms with E-state index in [4.69, 9.17) is 16.0 Å². The Morgan fingerprint density at radius 3 is 2.75 bits per heavy atom. The van der Waals surface area contributed by atoms with Gasteiger partial charge in [-0.05, 0) is 32.0 Å². The SMILES string of the molecule is Cc1cc(CNC(=O)CSc2ccccc2Cl)c(C)o1. The fourth-order valence-electron chi connectivity index (χ4n) is 1.81. The molecule has 1 amide bonds. The first-order chi connectivity index (χ1) is 9.56. The molecule has 0 saturated carbocycles. The lowest BCUT2D eigenvalue weighted by Gasteiger charge is -2.05. The molecule has 20 heavy (non-hydrogen) atoms. The van der Waals surface area contributed by atoms with Gasteiger partial charge in [-0.15, -0.1) is 11.8 Å². The van der Waals surface area contributed by atoms with Crippen molar-refractivity contribution in [3.05, 3.63) is 52.4 Å². The van der Waals surface area contributed by atoms with Gasteiger partial charge in [0.15, 0.2) is 0 Å². The molecule has 0 fully saturated rings. The van der Waals surface area contributed by atoms with Gasteiger partial charge in [-0.2, -0.15) is 0 Å². The van der Waals surface area contributed by atoms with Crippen LogP contribution in [0.15, 0.2) is 39.6 Å². The Kier molecular flexibility index (Phi) is 5.15. The molecule has 0 atom stereocenters. The predicted octanol–water partition coefficient (Wildman–Crippen LogP) is 3.96. The third-order valence-corrected chi connectivity index (χ3v) is 4.33. The molecule has 3 nitrogen and oxygen atoms in total. The Labute approximate surface area is 127 Å². The minimum Gasteiger partial charge on any atom is -0.466 e. The van der Waals surface area contributed by atoms with E-state index in [1.54, 1.807) is 0 Å². The Morgan fingerprint density at radius 1 is 1.35 bits per heavy atom. The lowest BCUT2D eigenvalue weighted by molar-refractivity contribution is -0.118. The first kappa shape index (κ1) is 15.0. The van der Waals surface area contributed by atoms with E-state index in [9.17, 15) is 4.79 Å². The van der Waals surface area contributed by atoms with E-state index >= 15 is 0 Å². The number of halogens is 1. The lowest BCUT2D eigenvalue weighted by Crippen LogP contribution is -2.24. The summed E-state index contributed by atoms with van der Waals surface area (Å²) in [6.45, 7) is 4.28. The molecule has 106 valence electrons. The van der Waals surface area contributed by atoms with Crippen LogP contribution in [-0.2, 0) is 11.3 Å². The Bertz CT molecular complexity index is 610. The van der Waals surface area contributed by atoms with Crippen molar-refractivity contribution in [3.8, 4) is 0 Å². The largest absolute Gasteiger partial charge is 0.466 e. The van der Waals surface area contributed by atoms with E-state index in [2.05, 4.69) is 5.32 Å². The maximum atomic E-state index is 11.8. The quantitative estimate of drug-likeness (QED) is 0.850. The van der Waals surface area contributed by atoms with Crippen molar-refractivity contribution in [1.29, 1.82) is 0 Å². The first-order valence-electron chi connectivity index (χ1n) is 6.26. The number of hydrogen-bond acceptors (Lipinski definition) is 3. The van der Waals surface area contributed by atoms with Crippen molar-refractivity contribution < 1.29 is 9.21 Å². The Hall–Kier alpha value is -1.39. The number of rotatable bonds is 5. The molecule has 0 aliphatic rings. The molecule has 1 aromatic carbocycles. The zero-order valence-corrected chi connectivity index (χ0v) is 13.0. The fourth-order valence-corrected chi connectivity index (χ4v) is 2.88. The van der Waals surface area contributed by atoms with Crippen LogP contribution >= 0.6 is 23.4 Å². The number of amides is 1. The number of nitrogens with one attached hydrogen (secondary N) is 1. The van der Waals surface area contributed by atoms with Crippen LogP contribution in [0.2, 0.25) is 5.02 Å². The zero-order chi connectivity index (χ0) is 14.5. The molecular formula is C15H16ClNO2S. The van der Waals surface area contributed by atoms with Crippen LogP contribution in [0.25, 0.3) is 0 Å². The van der Waals surface area contributed by atoms with Crippen molar-refractivity contribution in [3.63, 3.8) is 0 Å². The molecule has 0 aliphatic carbocycles. The summed E-state index contributed by atoms with van der Waals surface area (Å²) in [5, 5.41) is 3.55. The highest BCUT2D eigenvalue weighted by atomic mass is 35.5. The summed E-state index contributed by atoms with van der Waals surface area (Å²) in [6.07, 6.45) is 0. The zero-order valence-electron chi connectivity index (χ0n) is 11.4. The number of carbonyl (C=O) groups excluding carboxylic acids is 1. The van der Waals surface area contributed by atoms with Gasteiger partial charge >= 0.3 is 0 Å². The van der Waals surface area contributed by atoms with E-state index in [1.165, 1.54) is 11.8 Å². The summed E-state index contributed by atoms with van der Waals surface area (Å²) in [5.74, 6) is 2.03. The van der Waals surface area contributed by atoms with Gasteiger partial charge in [0.2, 0.25) is 5.91 Å². The number of carbonyl (C=O) groups is 1. The summed E-state index contributed by atoms with van der Waals surface area (Å²) in [5.41, 5.74) is 1.01. The lowest BCUT2D eigenvalue weighted by atomic mass is 10.2. The minimum absolute atomic E-state index is 0.0202. The molecule has 0 saturated heterocycles. The summed E-state index contributed by atoms with van der Waals surface area (Å²) in [6, 6.07) is 9.44. The van der Waals surface area contributed by atoms with Gasteiger partial charge in [-0.25, -0.2) is 0 Å². The van der Waals surface area contributed by atoms with Crippen molar-refractivity contribution in [2.24, 2.45) is 0 Å². The van der Waals surface area contributed by atoms with Crippen molar-refractivity contribution in [1.82, 2.24) is 5.32 Å². The smallest absolute Gasteiger partial charge is 0.230 e. The van der Waals surface area contributed by atoms with Gasteiger partial charge in [-0.3, -0.25) is 4.79 Å². The number of aryl methyl sites for hydroxylation is 2. The second-order valence-electron chi connectivity index (χ2n) is 4.43. The number of hydrogen-bond donors (Lipinski definition) is 1. The van der Waals surface area contributed by atoms with Crippen LogP contribution in [0.4, 0.5) is 0 Å². The molecular weight excluding hydrogens is 294 g/mol. The molecule has 0 radical (unpaired) electrons. The van der Waals surface area contributed by atoms with Gasteiger partial charge < -0.3 is 9.73 Å². The summed E-state index contributed by atoms with van der Waals surface area (Å²) in [7, 11) is 0. The molecule has 5 heteroatoms. The highest BCUT2D eigenvalue weighted by molar-refractivity contribution is 8.00. The van der Waals surface area contributed by atoms with Gasteiger partial charge in [0.1, 0.15) is 11.5 Å². The van der Waals surface area contributed by atoms with E-state index in [0.717, 1.165) is 22.0 Å². The topological polar surface area (TPSA) is 42.2 Å². The van der Waals surface area contributed by atoms with Crippen molar-refractivity contribution >= 4 is 29.3 Å². The summed E-state index contributed by atoms with van der Waals surface area (Å²) >= 11 is 7.47. The van der Waals surface area contributed by atoms with Crippen molar-refractivity contribution in [2.75, 3.05) is 5.75 Å².